The third-order valence-corrected chi connectivity index (χ3v) is 3.83. The minimum Gasteiger partial charge on any atom is -0.366 e. The SMILES string of the molecule is N#C[C@H](NC(=O)c1cccc(C(N)=O)c1)c1ccc(Cl)c(Cl)c1. The van der Waals surface area contributed by atoms with Gasteiger partial charge in [-0.25, -0.2) is 0 Å². The second-order valence-electron chi connectivity index (χ2n) is 4.65. The van der Waals surface area contributed by atoms with Crippen molar-refractivity contribution in [3.8, 4) is 6.07 Å². The van der Waals surface area contributed by atoms with Gasteiger partial charge in [-0.05, 0) is 35.9 Å². The van der Waals surface area contributed by atoms with E-state index in [-0.39, 0.29) is 16.1 Å². The fourth-order valence-electron chi connectivity index (χ4n) is 1.91. The first-order chi connectivity index (χ1) is 10.9. The van der Waals surface area contributed by atoms with E-state index in [0.29, 0.717) is 10.6 Å². The number of amides is 2. The number of hydrogen-bond acceptors (Lipinski definition) is 3. The Hall–Kier alpha value is -2.55. The van der Waals surface area contributed by atoms with Crippen LogP contribution in [-0.2, 0) is 0 Å². The summed E-state index contributed by atoms with van der Waals surface area (Å²) in [5.74, 6) is -1.15. The summed E-state index contributed by atoms with van der Waals surface area (Å²) < 4.78 is 0. The molecule has 1 atom stereocenters. The van der Waals surface area contributed by atoms with Gasteiger partial charge in [0.25, 0.3) is 5.91 Å². The van der Waals surface area contributed by atoms with Crippen LogP contribution >= 0.6 is 23.2 Å². The monoisotopic (exact) mass is 347 g/mol. The summed E-state index contributed by atoms with van der Waals surface area (Å²) in [7, 11) is 0. The first-order valence-corrected chi connectivity index (χ1v) is 7.23. The Kier molecular flexibility index (Phi) is 5.22. The predicted octanol–water partition coefficient (Wildman–Crippen LogP) is 3.09. The summed E-state index contributed by atoms with van der Waals surface area (Å²) in [6, 6.07) is 11.6. The van der Waals surface area contributed by atoms with Gasteiger partial charge in [0.05, 0.1) is 16.1 Å². The van der Waals surface area contributed by atoms with Gasteiger partial charge in [0.15, 0.2) is 0 Å². The highest BCUT2D eigenvalue weighted by molar-refractivity contribution is 6.42. The maximum absolute atomic E-state index is 12.2. The van der Waals surface area contributed by atoms with Crippen LogP contribution in [0.2, 0.25) is 10.0 Å². The van der Waals surface area contributed by atoms with E-state index in [1.165, 1.54) is 30.3 Å². The lowest BCUT2D eigenvalue weighted by Gasteiger charge is -2.13. The van der Waals surface area contributed by atoms with Crippen molar-refractivity contribution in [2.45, 2.75) is 6.04 Å². The minimum absolute atomic E-state index is 0.209. The van der Waals surface area contributed by atoms with E-state index in [4.69, 9.17) is 28.9 Å². The molecule has 0 saturated carbocycles. The van der Waals surface area contributed by atoms with Crippen LogP contribution in [0.25, 0.3) is 0 Å². The van der Waals surface area contributed by atoms with Crippen molar-refractivity contribution >= 4 is 35.0 Å². The van der Waals surface area contributed by atoms with E-state index >= 15 is 0 Å². The van der Waals surface area contributed by atoms with Gasteiger partial charge in [0.1, 0.15) is 6.04 Å². The van der Waals surface area contributed by atoms with Crippen molar-refractivity contribution in [1.82, 2.24) is 5.32 Å². The lowest BCUT2D eigenvalue weighted by Crippen LogP contribution is -2.28. The number of primary amides is 1. The van der Waals surface area contributed by atoms with Crippen LogP contribution < -0.4 is 11.1 Å². The Balaban J connectivity index is 2.23. The molecule has 0 aliphatic heterocycles. The molecular formula is C16H11Cl2N3O2. The van der Waals surface area contributed by atoms with Gasteiger partial charge in [-0.3, -0.25) is 9.59 Å². The molecule has 0 aliphatic carbocycles. The molecule has 0 unspecified atom stereocenters. The Morgan fingerprint density at radius 1 is 1.09 bits per heavy atom. The number of rotatable bonds is 4. The fourth-order valence-corrected chi connectivity index (χ4v) is 2.22. The highest BCUT2D eigenvalue weighted by atomic mass is 35.5. The first-order valence-electron chi connectivity index (χ1n) is 6.47. The van der Waals surface area contributed by atoms with Crippen LogP contribution in [0.3, 0.4) is 0 Å². The van der Waals surface area contributed by atoms with E-state index < -0.39 is 17.9 Å². The molecule has 0 aromatic heterocycles. The summed E-state index contributed by atoms with van der Waals surface area (Å²) >= 11 is 11.7. The van der Waals surface area contributed by atoms with E-state index in [1.807, 2.05) is 6.07 Å². The Bertz CT molecular complexity index is 815. The van der Waals surface area contributed by atoms with E-state index in [9.17, 15) is 14.9 Å². The second kappa shape index (κ2) is 7.14. The zero-order chi connectivity index (χ0) is 17.0. The lowest BCUT2D eigenvalue weighted by atomic mass is 10.1. The van der Waals surface area contributed by atoms with Crippen LogP contribution in [0.4, 0.5) is 0 Å². The molecule has 2 rings (SSSR count). The van der Waals surface area contributed by atoms with Gasteiger partial charge in [-0.15, -0.1) is 0 Å². The number of carbonyl (C=O) groups excluding carboxylic acids is 2. The Morgan fingerprint density at radius 3 is 2.39 bits per heavy atom. The molecule has 2 aromatic rings. The number of carbonyl (C=O) groups is 2. The molecule has 2 amide bonds. The number of halogens is 2. The van der Waals surface area contributed by atoms with Crippen LogP contribution in [0.15, 0.2) is 42.5 Å². The molecule has 0 radical (unpaired) electrons. The molecule has 23 heavy (non-hydrogen) atoms. The molecule has 7 heteroatoms. The van der Waals surface area contributed by atoms with Crippen molar-refractivity contribution in [3.63, 3.8) is 0 Å². The molecule has 3 N–H and O–H groups in total. The maximum Gasteiger partial charge on any atom is 0.252 e. The number of nitriles is 1. The van der Waals surface area contributed by atoms with Crippen LogP contribution in [0.1, 0.15) is 32.3 Å². The highest BCUT2D eigenvalue weighted by Gasteiger charge is 2.17. The van der Waals surface area contributed by atoms with Crippen molar-refractivity contribution in [2.24, 2.45) is 5.73 Å². The third kappa shape index (κ3) is 4.01. The topological polar surface area (TPSA) is 96.0 Å². The zero-order valence-electron chi connectivity index (χ0n) is 11.7. The molecular weight excluding hydrogens is 337 g/mol. The average Bonchev–Trinajstić information content (AvgIpc) is 2.55. The summed E-state index contributed by atoms with van der Waals surface area (Å²) in [6.07, 6.45) is 0. The van der Waals surface area contributed by atoms with Gasteiger partial charge >= 0.3 is 0 Å². The second-order valence-corrected chi connectivity index (χ2v) is 5.47. The number of nitrogens with zero attached hydrogens (tertiary/aromatic N) is 1. The number of hydrogen-bond donors (Lipinski definition) is 2. The zero-order valence-corrected chi connectivity index (χ0v) is 13.2. The van der Waals surface area contributed by atoms with Gasteiger partial charge in [-0.1, -0.05) is 35.3 Å². The quantitative estimate of drug-likeness (QED) is 0.889. The molecule has 0 aliphatic rings. The molecule has 2 aromatic carbocycles. The Morgan fingerprint density at radius 2 is 1.78 bits per heavy atom. The number of nitrogens with one attached hydrogen (secondary N) is 1. The summed E-state index contributed by atoms with van der Waals surface area (Å²) in [6.45, 7) is 0. The van der Waals surface area contributed by atoms with Crippen LogP contribution in [0, 0.1) is 11.3 Å². The molecule has 0 spiro atoms. The largest absolute Gasteiger partial charge is 0.366 e. The van der Waals surface area contributed by atoms with Gasteiger partial charge in [0, 0.05) is 11.1 Å². The molecule has 0 saturated heterocycles. The predicted molar refractivity (Wildman–Crippen MR) is 87.2 cm³/mol. The van der Waals surface area contributed by atoms with Crippen molar-refractivity contribution in [3.05, 3.63) is 69.2 Å². The number of benzene rings is 2. The van der Waals surface area contributed by atoms with E-state index in [1.54, 1.807) is 12.1 Å². The molecule has 116 valence electrons. The smallest absolute Gasteiger partial charge is 0.252 e. The highest BCUT2D eigenvalue weighted by Crippen LogP contribution is 2.25. The maximum atomic E-state index is 12.2. The normalized spacial score (nSPS) is 11.3. The first kappa shape index (κ1) is 16.8. The van der Waals surface area contributed by atoms with Crippen LogP contribution in [-0.4, -0.2) is 11.8 Å². The fraction of sp³-hybridized carbons (Fsp3) is 0.0625. The standard InChI is InChI=1S/C16H11Cl2N3O2/c17-12-5-4-9(7-13(12)18)14(8-19)21-16(23)11-3-1-2-10(6-11)15(20)22/h1-7,14H,(H2,20,22)(H,21,23)/t14-/m0/s1. The Labute approximate surface area is 142 Å². The molecule has 0 heterocycles. The van der Waals surface area contributed by atoms with Gasteiger partial charge in [-0.2, -0.15) is 5.26 Å². The van der Waals surface area contributed by atoms with Gasteiger partial charge < -0.3 is 11.1 Å². The van der Waals surface area contributed by atoms with Gasteiger partial charge in [0.2, 0.25) is 5.91 Å². The number of nitrogens with two attached hydrogens (primary N) is 1. The van der Waals surface area contributed by atoms with Crippen LogP contribution in [0.5, 0.6) is 0 Å². The van der Waals surface area contributed by atoms with E-state index in [0.717, 1.165) is 0 Å². The summed E-state index contributed by atoms with van der Waals surface area (Å²) in [5, 5.41) is 12.5. The van der Waals surface area contributed by atoms with Crippen molar-refractivity contribution < 1.29 is 9.59 Å². The average molecular weight is 348 g/mol. The summed E-state index contributed by atoms with van der Waals surface area (Å²) in [4.78, 5) is 23.4. The van der Waals surface area contributed by atoms with E-state index in [2.05, 4.69) is 5.32 Å². The lowest BCUT2D eigenvalue weighted by molar-refractivity contribution is 0.0945. The van der Waals surface area contributed by atoms with Crippen molar-refractivity contribution in [2.75, 3.05) is 0 Å². The molecule has 0 fully saturated rings. The third-order valence-electron chi connectivity index (χ3n) is 3.09. The minimum atomic E-state index is -0.908. The van der Waals surface area contributed by atoms with Crippen molar-refractivity contribution in [1.29, 1.82) is 5.26 Å². The molecule has 5 nitrogen and oxygen atoms in total. The summed E-state index contributed by atoms with van der Waals surface area (Å²) in [5.41, 5.74) is 6.12. The molecule has 0 bridgehead atoms.